The summed E-state index contributed by atoms with van der Waals surface area (Å²) in [6.45, 7) is 0.884. The van der Waals surface area contributed by atoms with Crippen molar-refractivity contribution in [1.82, 2.24) is 9.47 Å². The lowest BCUT2D eigenvalue weighted by Crippen LogP contribution is -2.39. The molecule has 2 aliphatic heterocycles. The van der Waals surface area contributed by atoms with Crippen molar-refractivity contribution in [2.24, 2.45) is 7.05 Å². The van der Waals surface area contributed by atoms with Crippen LogP contribution >= 0.6 is 0 Å². The van der Waals surface area contributed by atoms with Crippen LogP contribution in [0.3, 0.4) is 0 Å². The normalized spacial score (nSPS) is 21.7. The molecule has 1 aromatic heterocycles. The minimum absolute atomic E-state index is 0.0383. The Balaban J connectivity index is 1.65. The number of fused-ring (bicyclic) bond motifs is 2. The lowest BCUT2D eigenvalue weighted by molar-refractivity contribution is -0.120. The number of para-hydroxylation sites is 1. The molecule has 24 heavy (non-hydrogen) atoms. The van der Waals surface area contributed by atoms with Gasteiger partial charge in [-0.15, -0.1) is 0 Å². The van der Waals surface area contributed by atoms with Gasteiger partial charge in [-0.1, -0.05) is 18.2 Å². The van der Waals surface area contributed by atoms with Gasteiger partial charge in [-0.05, 0) is 24.1 Å². The highest BCUT2D eigenvalue weighted by molar-refractivity contribution is 6.07. The Morgan fingerprint density at radius 1 is 1.38 bits per heavy atom. The van der Waals surface area contributed by atoms with E-state index in [1.807, 2.05) is 30.3 Å². The molecular formula is C18H16N4O2. The van der Waals surface area contributed by atoms with Crippen molar-refractivity contribution in [3.63, 3.8) is 0 Å². The number of benzene rings is 1. The Bertz CT molecular complexity index is 908. The lowest BCUT2D eigenvalue weighted by Gasteiger charge is -2.22. The fourth-order valence-electron chi connectivity index (χ4n) is 3.76. The van der Waals surface area contributed by atoms with Crippen molar-refractivity contribution in [1.29, 1.82) is 5.26 Å². The largest absolute Gasteiger partial charge is 0.345 e. The molecule has 1 atom stereocenters. The third kappa shape index (κ3) is 1.88. The van der Waals surface area contributed by atoms with E-state index in [-0.39, 0.29) is 11.8 Å². The summed E-state index contributed by atoms with van der Waals surface area (Å²) in [5.74, 6) is -0.184. The van der Waals surface area contributed by atoms with Gasteiger partial charge in [0.25, 0.3) is 5.91 Å². The van der Waals surface area contributed by atoms with Crippen molar-refractivity contribution in [2.45, 2.75) is 11.8 Å². The third-order valence-electron chi connectivity index (χ3n) is 5.04. The van der Waals surface area contributed by atoms with Crippen molar-refractivity contribution in [3.8, 4) is 6.07 Å². The van der Waals surface area contributed by atoms with Crippen LogP contribution in [0.1, 0.15) is 28.0 Å². The van der Waals surface area contributed by atoms with Crippen LogP contribution in [0.5, 0.6) is 0 Å². The van der Waals surface area contributed by atoms with Gasteiger partial charge in [0.15, 0.2) is 0 Å². The zero-order chi connectivity index (χ0) is 16.9. The van der Waals surface area contributed by atoms with Crippen LogP contribution in [-0.2, 0) is 17.3 Å². The highest BCUT2D eigenvalue weighted by atomic mass is 16.2. The number of hydrogen-bond donors (Lipinski definition) is 1. The Morgan fingerprint density at radius 2 is 2.17 bits per heavy atom. The summed E-state index contributed by atoms with van der Waals surface area (Å²) in [7, 11) is 1.75. The number of aromatic nitrogens is 1. The molecular weight excluding hydrogens is 304 g/mol. The minimum Gasteiger partial charge on any atom is -0.345 e. The molecule has 1 fully saturated rings. The van der Waals surface area contributed by atoms with Crippen LogP contribution < -0.4 is 5.32 Å². The van der Waals surface area contributed by atoms with E-state index in [1.54, 1.807) is 28.8 Å². The molecule has 4 rings (SSSR count). The molecule has 2 aliphatic rings. The van der Waals surface area contributed by atoms with Crippen molar-refractivity contribution >= 4 is 17.5 Å². The number of carbonyl (C=O) groups is 2. The second-order valence-electron chi connectivity index (χ2n) is 6.40. The summed E-state index contributed by atoms with van der Waals surface area (Å²) in [6, 6.07) is 11.3. The summed E-state index contributed by atoms with van der Waals surface area (Å²) in [6.07, 6.45) is 2.24. The zero-order valence-corrected chi connectivity index (χ0v) is 13.2. The van der Waals surface area contributed by atoms with Crippen LogP contribution in [0.15, 0.2) is 36.5 Å². The summed E-state index contributed by atoms with van der Waals surface area (Å²) in [4.78, 5) is 27.1. The molecule has 120 valence electrons. The van der Waals surface area contributed by atoms with E-state index in [9.17, 15) is 9.59 Å². The maximum atomic E-state index is 12.8. The van der Waals surface area contributed by atoms with E-state index in [0.29, 0.717) is 30.8 Å². The van der Waals surface area contributed by atoms with E-state index in [4.69, 9.17) is 5.26 Å². The van der Waals surface area contributed by atoms with Gasteiger partial charge in [0.2, 0.25) is 5.91 Å². The van der Waals surface area contributed by atoms with Gasteiger partial charge in [0, 0.05) is 32.0 Å². The predicted octanol–water partition coefficient (Wildman–Crippen LogP) is 1.63. The molecule has 1 spiro atoms. The average Bonchev–Trinajstić information content (AvgIpc) is 3.26. The smallest absolute Gasteiger partial charge is 0.270 e. The number of hydrogen-bond acceptors (Lipinski definition) is 3. The van der Waals surface area contributed by atoms with E-state index < -0.39 is 5.41 Å². The zero-order valence-electron chi connectivity index (χ0n) is 13.2. The SMILES string of the molecule is Cn1cc(C#N)cc1C(=O)N1CCC2(C1)C(=O)Nc1ccccc12. The molecule has 6 nitrogen and oxygen atoms in total. The Morgan fingerprint density at radius 3 is 2.92 bits per heavy atom. The number of nitriles is 1. The van der Waals surface area contributed by atoms with Crippen molar-refractivity contribution < 1.29 is 9.59 Å². The van der Waals surface area contributed by atoms with Gasteiger partial charge in [-0.3, -0.25) is 9.59 Å². The van der Waals surface area contributed by atoms with Crippen LogP contribution in [0.2, 0.25) is 0 Å². The number of rotatable bonds is 1. The number of anilines is 1. The monoisotopic (exact) mass is 320 g/mol. The summed E-state index contributed by atoms with van der Waals surface area (Å²) in [5, 5.41) is 11.9. The molecule has 1 aromatic carbocycles. The Hall–Kier alpha value is -3.07. The van der Waals surface area contributed by atoms with Gasteiger partial charge in [0.1, 0.15) is 11.8 Å². The van der Waals surface area contributed by atoms with Crippen LogP contribution in [-0.4, -0.2) is 34.4 Å². The van der Waals surface area contributed by atoms with E-state index in [2.05, 4.69) is 5.32 Å². The Kier molecular flexibility index (Phi) is 3.00. The molecule has 2 amide bonds. The van der Waals surface area contributed by atoms with Gasteiger partial charge < -0.3 is 14.8 Å². The highest BCUT2D eigenvalue weighted by Crippen LogP contribution is 2.44. The maximum absolute atomic E-state index is 12.8. The molecule has 1 saturated heterocycles. The molecule has 2 aromatic rings. The third-order valence-corrected chi connectivity index (χ3v) is 5.04. The van der Waals surface area contributed by atoms with Gasteiger partial charge in [0.05, 0.1) is 11.0 Å². The second-order valence-corrected chi connectivity index (χ2v) is 6.40. The number of carbonyl (C=O) groups excluding carboxylic acids is 2. The quantitative estimate of drug-likeness (QED) is 0.867. The van der Waals surface area contributed by atoms with Gasteiger partial charge in [-0.25, -0.2) is 0 Å². The summed E-state index contributed by atoms with van der Waals surface area (Å²) in [5.41, 5.74) is 2.07. The first kappa shape index (κ1) is 14.5. The first-order chi connectivity index (χ1) is 11.5. The number of nitrogens with zero attached hydrogens (tertiary/aromatic N) is 3. The lowest BCUT2D eigenvalue weighted by atomic mass is 9.81. The molecule has 1 N–H and O–H groups in total. The van der Waals surface area contributed by atoms with Crippen LogP contribution in [0.4, 0.5) is 5.69 Å². The fourth-order valence-corrected chi connectivity index (χ4v) is 3.76. The first-order valence-electron chi connectivity index (χ1n) is 7.82. The highest BCUT2D eigenvalue weighted by Gasteiger charge is 2.52. The Labute approximate surface area is 139 Å². The molecule has 1 unspecified atom stereocenters. The fraction of sp³-hybridized carbons (Fsp3) is 0.278. The topological polar surface area (TPSA) is 78.1 Å². The average molecular weight is 320 g/mol. The van der Waals surface area contributed by atoms with Crippen molar-refractivity contribution in [3.05, 3.63) is 53.3 Å². The standard InChI is InChI=1S/C18H16N4O2/c1-21-10-12(9-19)8-15(21)16(23)22-7-6-18(11-22)13-4-2-3-5-14(13)20-17(18)24/h2-5,8,10H,6-7,11H2,1H3,(H,20,24). The van der Waals surface area contributed by atoms with E-state index >= 15 is 0 Å². The molecule has 0 saturated carbocycles. The molecule has 6 heteroatoms. The minimum atomic E-state index is -0.657. The molecule has 0 bridgehead atoms. The van der Waals surface area contributed by atoms with E-state index in [0.717, 1.165) is 11.3 Å². The van der Waals surface area contributed by atoms with Crippen LogP contribution in [0, 0.1) is 11.3 Å². The van der Waals surface area contributed by atoms with Gasteiger partial charge >= 0.3 is 0 Å². The van der Waals surface area contributed by atoms with Crippen LogP contribution in [0.25, 0.3) is 0 Å². The second kappa shape index (κ2) is 4.96. The first-order valence-corrected chi connectivity index (χ1v) is 7.82. The van der Waals surface area contributed by atoms with Gasteiger partial charge in [-0.2, -0.15) is 5.26 Å². The number of nitrogens with one attached hydrogen (secondary N) is 1. The molecule has 0 radical (unpaired) electrons. The number of aryl methyl sites for hydroxylation is 1. The molecule has 3 heterocycles. The van der Waals surface area contributed by atoms with Crippen molar-refractivity contribution in [2.75, 3.05) is 18.4 Å². The summed E-state index contributed by atoms with van der Waals surface area (Å²) >= 11 is 0. The van der Waals surface area contributed by atoms with E-state index in [1.165, 1.54) is 0 Å². The molecule has 0 aliphatic carbocycles. The summed E-state index contributed by atoms with van der Waals surface area (Å²) < 4.78 is 1.66. The number of likely N-dealkylation sites (tertiary alicyclic amines) is 1. The maximum Gasteiger partial charge on any atom is 0.270 e. The predicted molar refractivity (Wildman–Crippen MR) is 87.4 cm³/mol. The number of amides is 2.